The molecular weight excluding hydrogens is 612 g/mol. The van der Waals surface area contributed by atoms with Crippen molar-refractivity contribution in [2.24, 2.45) is 0 Å². The third-order valence-electron chi connectivity index (χ3n) is 7.99. The van der Waals surface area contributed by atoms with Crippen LogP contribution in [0.4, 0.5) is 37.8 Å². The zero-order chi connectivity index (χ0) is 31.4. The van der Waals surface area contributed by atoms with Gasteiger partial charge in [-0.2, -0.15) is 26.3 Å². The highest BCUT2D eigenvalue weighted by molar-refractivity contribution is 6.33. The number of nitrogens with zero attached hydrogens (tertiary/aromatic N) is 5. The fourth-order valence-corrected chi connectivity index (χ4v) is 6.01. The first-order valence-electron chi connectivity index (χ1n) is 13.4. The molecule has 0 unspecified atom stereocenters. The van der Waals surface area contributed by atoms with Gasteiger partial charge < -0.3 is 9.80 Å². The molecule has 1 aromatic heterocycles. The van der Waals surface area contributed by atoms with Crippen molar-refractivity contribution in [3.63, 3.8) is 0 Å². The first-order valence-corrected chi connectivity index (χ1v) is 13.8. The number of carbonyl (C=O) groups excluding carboxylic acids is 2. The van der Waals surface area contributed by atoms with E-state index in [0.717, 1.165) is 0 Å². The molecule has 2 saturated heterocycles. The van der Waals surface area contributed by atoms with Crippen molar-refractivity contribution >= 4 is 46.0 Å². The molecule has 0 saturated carbocycles. The van der Waals surface area contributed by atoms with Crippen LogP contribution in [0.25, 0.3) is 11.0 Å². The third kappa shape index (κ3) is 5.18. The molecule has 0 radical (unpaired) electrons. The summed E-state index contributed by atoms with van der Waals surface area (Å²) >= 11 is 6.49. The Morgan fingerprint density at radius 2 is 1.34 bits per heavy atom. The van der Waals surface area contributed by atoms with Crippen LogP contribution in [0.1, 0.15) is 34.3 Å². The van der Waals surface area contributed by atoms with Gasteiger partial charge in [0, 0.05) is 24.3 Å². The van der Waals surface area contributed by atoms with Crippen molar-refractivity contribution in [2.45, 2.75) is 30.7 Å². The molecule has 2 amide bonds. The van der Waals surface area contributed by atoms with E-state index >= 15 is 0 Å². The maximum absolute atomic E-state index is 14.2. The van der Waals surface area contributed by atoms with Crippen LogP contribution in [0.2, 0.25) is 5.15 Å². The molecule has 2 aliphatic heterocycles. The van der Waals surface area contributed by atoms with Crippen molar-refractivity contribution in [2.75, 3.05) is 29.6 Å². The smallest absolute Gasteiger partial charge is 0.338 e. The zero-order valence-electron chi connectivity index (χ0n) is 22.7. The molecule has 3 aromatic carbocycles. The number of carbonyl (C=O) groups is 2. The van der Waals surface area contributed by atoms with Crippen LogP contribution >= 0.6 is 11.6 Å². The number of hydrogen-bond donors (Lipinski definition) is 0. The Balaban J connectivity index is 1.32. The van der Waals surface area contributed by atoms with Crippen molar-refractivity contribution < 1.29 is 35.9 Å². The van der Waals surface area contributed by atoms with Crippen LogP contribution in [-0.4, -0.2) is 52.0 Å². The highest BCUT2D eigenvalue weighted by Gasteiger charge is 2.55. The van der Waals surface area contributed by atoms with Crippen molar-refractivity contribution in [3.05, 3.63) is 94.6 Å². The monoisotopic (exact) mass is 633 g/mol. The molecule has 0 atom stereocenters. The Hall–Kier alpha value is -4.39. The first kappa shape index (κ1) is 29.7. The van der Waals surface area contributed by atoms with Gasteiger partial charge in [-0.1, -0.05) is 41.9 Å². The molecule has 0 bridgehead atoms. The number of amides is 2. The van der Waals surface area contributed by atoms with Crippen molar-refractivity contribution in [1.29, 1.82) is 0 Å². The highest BCUT2D eigenvalue weighted by Crippen LogP contribution is 2.43. The Morgan fingerprint density at radius 3 is 1.91 bits per heavy atom. The quantitative estimate of drug-likeness (QED) is 0.232. The molecule has 1 spiro atoms. The summed E-state index contributed by atoms with van der Waals surface area (Å²) < 4.78 is 80.5. The zero-order valence-corrected chi connectivity index (χ0v) is 23.4. The second-order valence-electron chi connectivity index (χ2n) is 10.6. The summed E-state index contributed by atoms with van der Waals surface area (Å²) in [7, 11) is 0. The van der Waals surface area contributed by atoms with E-state index in [-0.39, 0.29) is 55.5 Å². The average molecular weight is 634 g/mol. The van der Waals surface area contributed by atoms with E-state index in [1.807, 2.05) is 23.1 Å². The largest absolute Gasteiger partial charge is 0.416 e. The van der Waals surface area contributed by atoms with Crippen LogP contribution in [0.5, 0.6) is 0 Å². The first-order chi connectivity index (χ1) is 20.8. The number of fused-ring (bicyclic) bond motifs is 1. The van der Waals surface area contributed by atoms with E-state index < -0.39 is 40.5 Å². The third-order valence-corrected chi connectivity index (χ3v) is 8.24. The van der Waals surface area contributed by atoms with Gasteiger partial charge >= 0.3 is 12.4 Å². The average Bonchev–Trinajstić information content (AvgIpc) is 3.27. The predicted octanol–water partition coefficient (Wildman–Crippen LogP) is 6.81. The van der Waals surface area contributed by atoms with Gasteiger partial charge in [0.05, 0.1) is 22.2 Å². The van der Waals surface area contributed by atoms with E-state index in [4.69, 9.17) is 11.6 Å². The summed E-state index contributed by atoms with van der Waals surface area (Å²) in [5, 5.41) is 0.0136. The molecule has 3 heterocycles. The van der Waals surface area contributed by atoms with Gasteiger partial charge in [0.2, 0.25) is 0 Å². The molecule has 44 heavy (non-hydrogen) atoms. The number of alkyl halides is 6. The summed E-state index contributed by atoms with van der Waals surface area (Å²) in [5.74, 6) is -1.21. The Labute approximate surface area is 251 Å². The minimum atomic E-state index is -5.09. The molecule has 6 rings (SSSR count). The van der Waals surface area contributed by atoms with Gasteiger partial charge in [-0.15, -0.1) is 0 Å². The van der Waals surface area contributed by atoms with Crippen LogP contribution in [0, 0.1) is 0 Å². The van der Waals surface area contributed by atoms with Gasteiger partial charge in [0.1, 0.15) is 12.2 Å². The summed E-state index contributed by atoms with van der Waals surface area (Å²) in [4.78, 5) is 40.9. The molecular formula is C30H22ClF6N5O2. The van der Waals surface area contributed by atoms with E-state index in [0.29, 0.717) is 28.9 Å². The lowest BCUT2D eigenvalue weighted by Crippen LogP contribution is -2.57. The summed E-state index contributed by atoms with van der Waals surface area (Å²) in [6, 6.07) is 16.8. The lowest BCUT2D eigenvalue weighted by Gasteiger charge is -2.43. The predicted molar refractivity (Wildman–Crippen MR) is 150 cm³/mol. The Morgan fingerprint density at radius 1 is 0.795 bits per heavy atom. The molecule has 4 aromatic rings. The van der Waals surface area contributed by atoms with Gasteiger partial charge in [0.15, 0.2) is 11.0 Å². The molecule has 14 heteroatoms. The molecule has 2 aliphatic rings. The summed E-state index contributed by atoms with van der Waals surface area (Å²) in [6.45, 7) is -0.154. The number of benzene rings is 3. The number of likely N-dealkylation sites (tertiary alicyclic amines) is 1. The maximum atomic E-state index is 14.2. The van der Waals surface area contributed by atoms with Gasteiger partial charge in [-0.05, 0) is 55.3 Å². The number of anilines is 2. The lowest BCUT2D eigenvalue weighted by molar-refractivity contribution is -0.143. The number of piperidine rings is 1. The van der Waals surface area contributed by atoms with Gasteiger partial charge in [0.25, 0.3) is 11.8 Å². The number of hydrogen-bond acceptors (Lipinski definition) is 5. The molecule has 0 aliphatic carbocycles. The van der Waals surface area contributed by atoms with Crippen LogP contribution in [0.3, 0.4) is 0 Å². The fraction of sp³-hybridized carbons (Fsp3) is 0.267. The number of rotatable bonds is 3. The van der Waals surface area contributed by atoms with E-state index in [2.05, 4.69) is 9.97 Å². The minimum Gasteiger partial charge on any atom is -0.338 e. The van der Waals surface area contributed by atoms with Crippen LogP contribution in [0.15, 0.2) is 72.8 Å². The molecule has 2 fully saturated rings. The molecule has 228 valence electrons. The second-order valence-corrected chi connectivity index (χ2v) is 10.9. The normalized spacial score (nSPS) is 17.2. The van der Waals surface area contributed by atoms with Crippen molar-refractivity contribution in [3.8, 4) is 0 Å². The number of para-hydroxylation sites is 3. The highest BCUT2D eigenvalue weighted by atomic mass is 35.5. The Kier molecular flexibility index (Phi) is 7.18. The SMILES string of the molecule is O=C(c1cc(C(F)(F)F)cc(C(F)(F)F)c1)N1CCC2(CC1)C(=O)N(c1nc3ccccc3nc1Cl)CN2c1ccccc1. The van der Waals surface area contributed by atoms with Gasteiger partial charge in [-0.25, -0.2) is 9.97 Å². The number of aromatic nitrogens is 2. The second kappa shape index (κ2) is 10.7. The summed E-state index contributed by atoms with van der Waals surface area (Å²) in [6.07, 6.45) is -10.1. The van der Waals surface area contributed by atoms with E-state index in [1.54, 1.807) is 36.4 Å². The number of halogens is 7. The van der Waals surface area contributed by atoms with Crippen molar-refractivity contribution in [1.82, 2.24) is 14.9 Å². The maximum Gasteiger partial charge on any atom is 0.416 e. The van der Waals surface area contributed by atoms with E-state index in [1.165, 1.54) is 9.80 Å². The van der Waals surface area contributed by atoms with Gasteiger partial charge in [-0.3, -0.25) is 14.5 Å². The minimum absolute atomic E-state index is 0.0136. The topological polar surface area (TPSA) is 69.6 Å². The molecule has 0 N–H and O–H groups in total. The summed E-state index contributed by atoms with van der Waals surface area (Å²) in [5.41, 5.74) is -3.32. The fourth-order valence-electron chi connectivity index (χ4n) is 5.77. The Bertz CT molecular complexity index is 1720. The standard InChI is InChI=1S/C30H22ClF6N5O2/c31-24-25(39-23-9-5-4-8-22(23)38-24)41-17-42(21-6-2-1-3-7-21)28(27(41)44)10-12-40(13-11-28)26(43)18-14-19(29(32,33)34)16-20(15-18)30(35,36)37/h1-9,14-16H,10-13,17H2. The van der Waals surface area contributed by atoms with Crippen LogP contribution < -0.4 is 9.80 Å². The lowest BCUT2D eigenvalue weighted by atomic mass is 9.85. The molecule has 7 nitrogen and oxygen atoms in total. The van der Waals surface area contributed by atoms with E-state index in [9.17, 15) is 35.9 Å². The van der Waals surface area contributed by atoms with Crippen LogP contribution in [-0.2, 0) is 17.1 Å².